The van der Waals surface area contributed by atoms with Gasteiger partial charge in [0.25, 0.3) is 11.8 Å². The minimum atomic E-state index is -0.556. The number of aryl methyl sites for hydroxylation is 2. The highest BCUT2D eigenvalue weighted by molar-refractivity contribution is 6.21. The summed E-state index contributed by atoms with van der Waals surface area (Å²) >= 11 is 0. The summed E-state index contributed by atoms with van der Waals surface area (Å²) in [5.41, 5.74) is 1.42. The smallest absolute Gasteiger partial charge is 0.343 e. The molecule has 3 amide bonds. The van der Waals surface area contributed by atoms with E-state index in [-0.39, 0.29) is 48.7 Å². The lowest BCUT2D eigenvalue weighted by Gasteiger charge is -2.13. The van der Waals surface area contributed by atoms with Crippen LogP contribution in [0, 0.1) is 6.92 Å². The molecule has 1 N–H and O–H groups in total. The Morgan fingerprint density at radius 1 is 1.14 bits per heavy atom. The van der Waals surface area contributed by atoms with Gasteiger partial charge in [-0.25, -0.2) is 4.79 Å². The molecule has 9 heteroatoms. The molecule has 1 aliphatic heterocycles. The number of nitrogens with one attached hydrogen (secondary N) is 1. The molecule has 29 heavy (non-hydrogen) atoms. The Hall–Kier alpha value is -3.49. The summed E-state index contributed by atoms with van der Waals surface area (Å²) < 4.78 is 6.43. The summed E-state index contributed by atoms with van der Waals surface area (Å²) in [4.78, 5) is 50.3. The third-order valence-corrected chi connectivity index (χ3v) is 4.62. The number of aromatic nitrogens is 2. The third-order valence-electron chi connectivity index (χ3n) is 4.62. The van der Waals surface area contributed by atoms with Crippen molar-refractivity contribution < 1.29 is 23.9 Å². The second-order valence-electron chi connectivity index (χ2n) is 6.61. The molecule has 0 bridgehead atoms. The van der Waals surface area contributed by atoms with Crippen LogP contribution in [0.2, 0.25) is 0 Å². The number of amides is 3. The normalized spacial score (nSPS) is 12.9. The molecule has 0 spiro atoms. The molecule has 1 aliphatic rings. The number of esters is 1. The van der Waals surface area contributed by atoms with Crippen molar-refractivity contribution in [2.75, 3.05) is 18.5 Å². The number of hydrogen-bond donors (Lipinski definition) is 1. The van der Waals surface area contributed by atoms with Crippen molar-refractivity contribution >= 4 is 29.5 Å². The first kappa shape index (κ1) is 20.2. The molecule has 0 fully saturated rings. The molecule has 3 rings (SSSR count). The largest absolute Gasteiger partial charge is 0.462 e. The van der Waals surface area contributed by atoms with Gasteiger partial charge in [-0.1, -0.05) is 12.1 Å². The average molecular weight is 398 g/mol. The fourth-order valence-electron chi connectivity index (χ4n) is 3.28. The zero-order chi connectivity index (χ0) is 21.1. The summed E-state index contributed by atoms with van der Waals surface area (Å²) in [5.74, 6) is -1.35. The number of carbonyl (C=O) groups excluding carboxylic acids is 4. The SMILES string of the molecule is CCOC(=O)c1c(C)nn(C)c1NC(=O)CCCN1C(=O)c2ccccc2C1=O. The second kappa shape index (κ2) is 8.26. The Labute approximate surface area is 167 Å². The van der Waals surface area contributed by atoms with Gasteiger partial charge in [-0.15, -0.1) is 0 Å². The van der Waals surface area contributed by atoms with Crippen molar-refractivity contribution in [1.29, 1.82) is 0 Å². The Bertz CT molecular complexity index is 960. The first-order chi connectivity index (χ1) is 13.8. The van der Waals surface area contributed by atoms with E-state index in [1.165, 1.54) is 4.68 Å². The van der Waals surface area contributed by atoms with E-state index in [1.807, 2.05) is 0 Å². The Balaban J connectivity index is 1.60. The van der Waals surface area contributed by atoms with Crippen LogP contribution in [0.15, 0.2) is 24.3 Å². The van der Waals surface area contributed by atoms with E-state index in [1.54, 1.807) is 45.2 Å². The molecule has 1 aromatic heterocycles. The summed E-state index contributed by atoms with van der Waals surface area (Å²) in [6, 6.07) is 6.64. The topological polar surface area (TPSA) is 111 Å². The Morgan fingerprint density at radius 2 is 1.76 bits per heavy atom. The lowest BCUT2D eigenvalue weighted by atomic mass is 10.1. The number of nitrogens with zero attached hydrogens (tertiary/aromatic N) is 3. The quantitative estimate of drug-likeness (QED) is 0.564. The van der Waals surface area contributed by atoms with Crippen LogP contribution in [0.1, 0.15) is 56.5 Å². The van der Waals surface area contributed by atoms with Crippen LogP contribution >= 0.6 is 0 Å². The van der Waals surface area contributed by atoms with E-state index >= 15 is 0 Å². The molecule has 152 valence electrons. The van der Waals surface area contributed by atoms with Crippen molar-refractivity contribution in [3.8, 4) is 0 Å². The van der Waals surface area contributed by atoms with Crippen LogP contribution in [0.25, 0.3) is 0 Å². The second-order valence-corrected chi connectivity index (χ2v) is 6.61. The lowest BCUT2D eigenvalue weighted by Crippen LogP contribution is -2.31. The summed E-state index contributed by atoms with van der Waals surface area (Å²) in [6.07, 6.45) is 0.364. The molecular weight excluding hydrogens is 376 g/mol. The summed E-state index contributed by atoms with van der Waals surface area (Å²) in [5, 5.41) is 6.83. The number of fused-ring (bicyclic) bond motifs is 1. The minimum Gasteiger partial charge on any atom is -0.462 e. The maximum absolute atomic E-state index is 12.4. The number of anilines is 1. The zero-order valence-electron chi connectivity index (χ0n) is 16.5. The molecule has 0 unspecified atom stereocenters. The van der Waals surface area contributed by atoms with E-state index in [4.69, 9.17) is 4.74 Å². The maximum Gasteiger partial charge on any atom is 0.343 e. The lowest BCUT2D eigenvalue weighted by molar-refractivity contribution is -0.116. The predicted molar refractivity (Wildman–Crippen MR) is 104 cm³/mol. The molecule has 0 saturated heterocycles. The van der Waals surface area contributed by atoms with Gasteiger partial charge < -0.3 is 10.1 Å². The minimum absolute atomic E-state index is 0.0693. The molecule has 0 radical (unpaired) electrons. The van der Waals surface area contributed by atoms with Gasteiger partial charge in [0.15, 0.2) is 0 Å². The Morgan fingerprint density at radius 3 is 2.34 bits per heavy atom. The van der Waals surface area contributed by atoms with Crippen LogP contribution in [-0.4, -0.2) is 51.5 Å². The van der Waals surface area contributed by atoms with Crippen LogP contribution in [0.3, 0.4) is 0 Å². The molecule has 2 heterocycles. The first-order valence-corrected chi connectivity index (χ1v) is 9.31. The van der Waals surface area contributed by atoms with Gasteiger partial charge in [0, 0.05) is 20.0 Å². The van der Waals surface area contributed by atoms with Crippen molar-refractivity contribution in [2.24, 2.45) is 7.05 Å². The highest BCUT2D eigenvalue weighted by Gasteiger charge is 2.34. The Kier molecular flexibility index (Phi) is 5.76. The van der Waals surface area contributed by atoms with Crippen LogP contribution in [0.5, 0.6) is 0 Å². The predicted octanol–water partition coefficient (Wildman–Crippen LogP) is 1.92. The number of benzene rings is 1. The van der Waals surface area contributed by atoms with Crippen molar-refractivity contribution in [1.82, 2.24) is 14.7 Å². The van der Waals surface area contributed by atoms with Crippen molar-refractivity contribution in [2.45, 2.75) is 26.7 Å². The number of hydrogen-bond acceptors (Lipinski definition) is 6. The van der Waals surface area contributed by atoms with Crippen LogP contribution in [-0.2, 0) is 16.6 Å². The highest BCUT2D eigenvalue weighted by Crippen LogP contribution is 2.23. The fourth-order valence-corrected chi connectivity index (χ4v) is 3.28. The third kappa shape index (κ3) is 3.89. The van der Waals surface area contributed by atoms with Gasteiger partial charge >= 0.3 is 5.97 Å². The molecule has 1 aromatic carbocycles. The van der Waals surface area contributed by atoms with E-state index in [0.717, 1.165) is 4.90 Å². The molecule has 0 aliphatic carbocycles. The van der Waals surface area contributed by atoms with Gasteiger partial charge in [-0.3, -0.25) is 24.0 Å². The number of carbonyl (C=O) groups is 4. The van der Waals surface area contributed by atoms with Gasteiger partial charge in [0.2, 0.25) is 5.91 Å². The summed E-state index contributed by atoms with van der Waals surface area (Å²) in [6.45, 7) is 3.70. The molecule has 9 nitrogen and oxygen atoms in total. The maximum atomic E-state index is 12.4. The van der Waals surface area contributed by atoms with Crippen molar-refractivity contribution in [3.05, 3.63) is 46.6 Å². The monoisotopic (exact) mass is 398 g/mol. The van der Waals surface area contributed by atoms with Gasteiger partial charge in [0.1, 0.15) is 11.4 Å². The van der Waals surface area contributed by atoms with E-state index in [2.05, 4.69) is 10.4 Å². The standard InChI is InChI=1S/C20H22N4O5/c1-4-29-20(28)16-12(2)22-23(3)17(16)21-15(25)10-7-11-24-18(26)13-8-5-6-9-14(13)19(24)27/h5-6,8-9H,4,7,10-11H2,1-3H3,(H,21,25). The number of ether oxygens (including phenoxy) is 1. The van der Waals surface area contributed by atoms with Gasteiger partial charge in [0.05, 0.1) is 23.4 Å². The van der Waals surface area contributed by atoms with Crippen molar-refractivity contribution in [3.63, 3.8) is 0 Å². The van der Waals surface area contributed by atoms with E-state index < -0.39 is 5.97 Å². The molecule has 2 aromatic rings. The highest BCUT2D eigenvalue weighted by atomic mass is 16.5. The molecular formula is C20H22N4O5. The van der Waals surface area contributed by atoms with Gasteiger partial charge in [-0.2, -0.15) is 5.10 Å². The summed E-state index contributed by atoms with van der Waals surface area (Å²) in [7, 11) is 1.62. The number of rotatable bonds is 7. The van der Waals surface area contributed by atoms with Gasteiger partial charge in [-0.05, 0) is 32.4 Å². The van der Waals surface area contributed by atoms with E-state index in [9.17, 15) is 19.2 Å². The average Bonchev–Trinajstić information content (AvgIpc) is 3.10. The number of imide groups is 1. The van der Waals surface area contributed by atoms with E-state index in [0.29, 0.717) is 23.2 Å². The molecule has 0 atom stereocenters. The first-order valence-electron chi connectivity index (χ1n) is 9.31. The zero-order valence-corrected chi connectivity index (χ0v) is 16.5. The van der Waals surface area contributed by atoms with Crippen LogP contribution in [0.4, 0.5) is 5.82 Å². The fraction of sp³-hybridized carbons (Fsp3) is 0.350. The molecule has 0 saturated carbocycles. The van der Waals surface area contributed by atoms with Crippen LogP contribution < -0.4 is 5.32 Å².